The van der Waals surface area contributed by atoms with Gasteiger partial charge in [-0.25, -0.2) is 9.18 Å². The number of esters is 1. The molecule has 1 aliphatic heterocycles. The van der Waals surface area contributed by atoms with Gasteiger partial charge < -0.3 is 10.1 Å². The van der Waals surface area contributed by atoms with Gasteiger partial charge in [0.15, 0.2) is 5.78 Å². The number of Topliss-reactive ketones (excluding diaryl/α,β-unsaturated/α-hetero) is 1. The second kappa shape index (κ2) is 13.7. The number of ether oxygens (including phenoxy) is 1. The number of nitro groups is 2. The first kappa shape index (κ1) is 33.9. The van der Waals surface area contributed by atoms with Gasteiger partial charge >= 0.3 is 5.97 Å². The largest absolute Gasteiger partial charge is 0.465 e. The van der Waals surface area contributed by atoms with Crippen molar-refractivity contribution in [2.45, 2.75) is 50.2 Å². The third kappa shape index (κ3) is 6.97. The fourth-order valence-electron chi connectivity index (χ4n) is 6.24. The molecule has 1 heterocycles. The lowest BCUT2D eigenvalue weighted by molar-refractivity contribution is -0.527. The molecule has 47 heavy (non-hydrogen) atoms. The lowest BCUT2D eigenvalue weighted by Crippen LogP contribution is -2.47. The fourth-order valence-corrected chi connectivity index (χ4v) is 6.59. The van der Waals surface area contributed by atoms with E-state index in [2.05, 4.69) is 10.1 Å². The zero-order valence-corrected chi connectivity index (χ0v) is 26.7. The Morgan fingerprint density at radius 1 is 1.06 bits per heavy atom. The number of ketones is 1. The van der Waals surface area contributed by atoms with Gasteiger partial charge in [-0.3, -0.25) is 34.7 Å². The summed E-state index contributed by atoms with van der Waals surface area (Å²) in [5.41, 5.74) is -0.418. The molecule has 3 aromatic carbocycles. The lowest BCUT2D eigenvalue weighted by atomic mass is 9.84. The maximum Gasteiger partial charge on any atom is 0.338 e. The van der Waals surface area contributed by atoms with Crippen LogP contribution in [0, 0.1) is 38.9 Å². The minimum Gasteiger partial charge on any atom is -0.465 e. The highest BCUT2D eigenvalue weighted by atomic mass is 35.5. The highest BCUT2D eigenvalue weighted by Gasteiger charge is 2.60. The number of anilines is 1. The van der Waals surface area contributed by atoms with Crippen LogP contribution >= 0.6 is 23.2 Å². The number of rotatable bonds is 11. The monoisotopic (exact) mass is 686 g/mol. The van der Waals surface area contributed by atoms with Gasteiger partial charge in [0.25, 0.3) is 5.69 Å². The zero-order chi connectivity index (χ0) is 34.2. The van der Waals surface area contributed by atoms with Crippen LogP contribution in [0.15, 0.2) is 54.6 Å². The van der Waals surface area contributed by atoms with Gasteiger partial charge in [-0.05, 0) is 61.6 Å². The Morgan fingerprint density at radius 3 is 2.43 bits per heavy atom. The number of nitrogens with zero attached hydrogens (tertiary/aromatic N) is 3. The van der Waals surface area contributed by atoms with E-state index in [-0.39, 0.29) is 34.2 Å². The molecule has 4 atom stereocenters. The van der Waals surface area contributed by atoms with Crippen LogP contribution in [0.5, 0.6) is 0 Å². The van der Waals surface area contributed by atoms with Crippen LogP contribution in [0.25, 0.3) is 0 Å². The molecule has 15 heteroatoms. The first-order valence-corrected chi connectivity index (χ1v) is 15.4. The third-order valence-electron chi connectivity index (χ3n) is 8.67. The van der Waals surface area contributed by atoms with Gasteiger partial charge in [0, 0.05) is 40.2 Å². The van der Waals surface area contributed by atoms with Gasteiger partial charge in [-0.15, -0.1) is 0 Å². The van der Waals surface area contributed by atoms with Crippen LogP contribution < -0.4 is 5.32 Å². The Labute approximate surface area is 278 Å². The number of hydrogen-bond donors (Lipinski definition) is 1. The number of halogens is 3. The molecule has 2 fully saturated rings. The number of nitro benzene ring substituents is 1. The van der Waals surface area contributed by atoms with Crippen LogP contribution in [0.3, 0.4) is 0 Å². The quantitative estimate of drug-likeness (QED) is 0.106. The molecule has 0 aromatic heterocycles. The number of carbonyl (C=O) groups is 3. The normalized spacial score (nSPS) is 20.9. The molecule has 1 aliphatic carbocycles. The summed E-state index contributed by atoms with van der Waals surface area (Å²) < 4.78 is 20.3. The van der Waals surface area contributed by atoms with Gasteiger partial charge in [0.05, 0.1) is 40.1 Å². The molecule has 1 saturated carbocycles. The van der Waals surface area contributed by atoms with Crippen molar-refractivity contribution >= 4 is 52.2 Å². The molecule has 2 aliphatic rings. The first-order chi connectivity index (χ1) is 22.3. The number of aryl methyl sites for hydroxylation is 1. The summed E-state index contributed by atoms with van der Waals surface area (Å²) in [6, 6.07) is 7.71. The van der Waals surface area contributed by atoms with Crippen LogP contribution in [0.4, 0.5) is 15.8 Å². The second-order valence-electron chi connectivity index (χ2n) is 11.7. The molecule has 5 rings (SSSR count). The van der Waals surface area contributed by atoms with Crippen molar-refractivity contribution in [3.63, 3.8) is 0 Å². The predicted molar refractivity (Wildman–Crippen MR) is 170 cm³/mol. The van der Waals surface area contributed by atoms with Crippen molar-refractivity contribution in [1.82, 2.24) is 4.90 Å². The molecule has 0 bridgehead atoms. The molecule has 3 aromatic rings. The van der Waals surface area contributed by atoms with Crippen LogP contribution in [-0.4, -0.2) is 64.2 Å². The number of amides is 1. The van der Waals surface area contributed by atoms with E-state index < -0.39 is 69.5 Å². The lowest BCUT2D eigenvalue weighted by Gasteiger charge is -2.30. The Balaban J connectivity index is 1.63. The minimum atomic E-state index is -1.70. The maximum atomic E-state index is 15.7. The SMILES string of the molecule is COC(=O)c1ccc(C(=O)C[C@H]2[C@@H]([N+](=O)[O-])[C@H](c3cccc(Cl)c3F)[C@H](C(=O)Nc3cc(Cl)ccc3C)N2CC2CC2)c([N+](=O)[O-])c1. The summed E-state index contributed by atoms with van der Waals surface area (Å²) in [6.45, 7) is 1.91. The summed E-state index contributed by atoms with van der Waals surface area (Å²) in [5.74, 6) is -4.66. The number of likely N-dealkylation sites (tertiary alicyclic amines) is 1. The topological polar surface area (TPSA) is 162 Å². The van der Waals surface area contributed by atoms with Gasteiger partial charge in [0.1, 0.15) is 11.9 Å². The smallest absolute Gasteiger partial charge is 0.338 e. The van der Waals surface area contributed by atoms with Crippen molar-refractivity contribution in [1.29, 1.82) is 0 Å². The summed E-state index contributed by atoms with van der Waals surface area (Å²) >= 11 is 12.3. The summed E-state index contributed by atoms with van der Waals surface area (Å²) in [6.07, 6.45) is 0.937. The van der Waals surface area contributed by atoms with E-state index in [0.29, 0.717) is 16.3 Å². The van der Waals surface area contributed by atoms with E-state index in [1.54, 1.807) is 24.0 Å². The van der Waals surface area contributed by atoms with E-state index in [1.807, 2.05) is 0 Å². The molecule has 0 spiro atoms. The van der Waals surface area contributed by atoms with E-state index in [1.165, 1.54) is 30.3 Å². The van der Waals surface area contributed by atoms with Gasteiger partial charge in [-0.1, -0.05) is 41.4 Å². The number of carbonyl (C=O) groups excluding carboxylic acids is 3. The minimum absolute atomic E-state index is 0.0554. The summed E-state index contributed by atoms with van der Waals surface area (Å²) in [5, 5.41) is 27.7. The molecule has 12 nitrogen and oxygen atoms in total. The molecule has 1 amide bonds. The van der Waals surface area contributed by atoms with E-state index in [0.717, 1.165) is 32.1 Å². The van der Waals surface area contributed by atoms with E-state index >= 15 is 4.39 Å². The van der Waals surface area contributed by atoms with Crippen molar-refractivity contribution < 1.29 is 33.4 Å². The Morgan fingerprint density at radius 2 is 1.79 bits per heavy atom. The molecule has 0 unspecified atom stereocenters. The van der Waals surface area contributed by atoms with E-state index in [4.69, 9.17) is 23.2 Å². The predicted octanol–water partition coefficient (Wildman–Crippen LogP) is 6.24. The summed E-state index contributed by atoms with van der Waals surface area (Å²) in [7, 11) is 1.10. The number of methoxy groups -OCH3 is 1. The third-order valence-corrected chi connectivity index (χ3v) is 9.20. The molecular weight excluding hydrogens is 658 g/mol. The molecular formula is C32H29Cl2FN4O8. The standard InChI is InChI=1S/C32H29Cl2FN4O8/c1-16-6-10-19(33)13-23(16)36-31(41)30-27(21-4-3-5-22(34)28(21)35)29(39(45)46)25(37(30)15-17-7-8-17)14-26(40)20-11-9-18(32(42)47-2)12-24(20)38(43)44/h3-6,9-13,17,25,27,29-30H,7-8,14-15H2,1-2H3,(H,36,41)/t25-,27-,29+,30+/m0/s1. The van der Waals surface area contributed by atoms with Gasteiger partial charge in [0.2, 0.25) is 11.9 Å². The van der Waals surface area contributed by atoms with Crippen molar-refractivity contribution in [3.05, 3.63) is 113 Å². The van der Waals surface area contributed by atoms with E-state index in [9.17, 15) is 34.6 Å². The number of benzene rings is 3. The number of hydrogen-bond acceptors (Lipinski definition) is 9. The molecule has 246 valence electrons. The molecule has 1 saturated heterocycles. The Kier molecular flexibility index (Phi) is 9.89. The van der Waals surface area contributed by atoms with Crippen LogP contribution in [0.2, 0.25) is 10.0 Å². The van der Waals surface area contributed by atoms with Crippen LogP contribution in [-0.2, 0) is 9.53 Å². The van der Waals surface area contributed by atoms with Crippen LogP contribution in [0.1, 0.15) is 57.0 Å². The van der Waals surface area contributed by atoms with Gasteiger partial charge in [-0.2, -0.15) is 0 Å². The Hall–Kier alpha value is -4.46. The highest BCUT2D eigenvalue weighted by molar-refractivity contribution is 6.31. The van der Waals surface area contributed by atoms with Crippen molar-refractivity contribution in [2.24, 2.45) is 5.92 Å². The first-order valence-electron chi connectivity index (χ1n) is 14.6. The highest BCUT2D eigenvalue weighted by Crippen LogP contribution is 2.46. The number of nitrogens with one attached hydrogen (secondary N) is 1. The Bertz CT molecular complexity index is 1790. The average Bonchev–Trinajstić information content (AvgIpc) is 3.80. The van der Waals surface area contributed by atoms with Crippen molar-refractivity contribution in [2.75, 3.05) is 19.0 Å². The maximum absolute atomic E-state index is 15.7. The fraction of sp³-hybridized carbons (Fsp3) is 0.344. The molecule has 0 radical (unpaired) electrons. The summed E-state index contributed by atoms with van der Waals surface area (Å²) in [4.78, 5) is 65.0. The zero-order valence-electron chi connectivity index (χ0n) is 25.2. The second-order valence-corrected chi connectivity index (χ2v) is 12.5. The average molecular weight is 688 g/mol. The van der Waals surface area contributed by atoms with Crippen molar-refractivity contribution in [3.8, 4) is 0 Å². The molecule has 1 N–H and O–H groups in total.